The van der Waals surface area contributed by atoms with Gasteiger partial charge in [0.2, 0.25) is 0 Å². The van der Waals surface area contributed by atoms with Gasteiger partial charge >= 0.3 is 0 Å². The zero-order valence-corrected chi connectivity index (χ0v) is 20.4. The number of hydrogen-bond donors (Lipinski definition) is 3. The molecule has 5 heteroatoms. The van der Waals surface area contributed by atoms with Gasteiger partial charge in [-0.15, -0.1) is 11.3 Å². The molecule has 1 heterocycles. The van der Waals surface area contributed by atoms with Gasteiger partial charge in [-0.1, -0.05) is 46.8 Å². The first-order chi connectivity index (χ1) is 14.7. The molecule has 3 N–H and O–H groups in total. The van der Waals surface area contributed by atoms with Crippen LogP contribution in [0.3, 0.4) is 0 Å². The molecule has 0 spiro atoms. The standard InChI is InChI=1S/C26H38O4S/c1-6-19(11-12-25(4,5)26(29,7-2)8-3)22-14-24(31-18-22)17-30-23-10-9-20(15-27)21(13-23)16-28/h9-11,13-14,18,27-29H,6-8,12,15-17H2,1-5H3/b19-11+. The molecule has 0 unspecified atom stereocenters. The highest BCUT2D eigenvalue weighted by molar-refractivity contribution is 7.10. The summed E-state index contributed by atoms with van der Waals surface area (Å²) in [6.45, 7) is 10.8. The van der Waals surface area contributed by atoms with Crippen molar-refractivity contribution in [1.29, 1.82) is 0 Å². The van der Waals surface area contributed by atoms with Crippen molar-refractivity contribution in [2.24, 2.45) is 5.41 Å². The summed E-state index contributed by atoms with van der Waals surface area (Å²) in [7, 11) is 0. The number of ether oxygens (including phenoxy) is 1. The van der Waals surface area contributed by atoms with Crippen LogP contribution in [-0.4, -0.2) is 20.9 Å². The van der Waals surface area contributed by atoms with E-state index < -0.39 is 5.60 Å². The van der Waals surface area contributed by atoms with Crippen LogP contribution < -0.4 is 4.74 Å². The fourth-order valence-corrected chi connectivity index (χ4v) is 4.83. The fourth-order valence-electron chi connectivity index (χ4n) is 4.01. The number of aliphatic hydroxyl groups excluding tert-OH is 2. The summed E-state index contributed by atoms with van der Waals surface area (Å²) in [6, 6.07) is 7.56. The van der Waals surface area contributed by atoms with E-state index in [4.69, 9.17) is 4.74 Å². The van der Waals surface area contributed by atoms with E-state index in [-0.39, 0.29) is 18.6 Å². The molecule has 0 fully saturated rings. The van der Waals surface area contributed by atoms with Crippen molar-refractivity contribution in [3.8, 4) is 5.75 Å². The Hall–Kier alpha value is -1.66. The van der Waals surface area contributed by atoms with Crippen LogP contribution in [0, 0.1) is 5.41 Å². The van der Waals surface area contributed by atoms with E-state index in [1.54, 1.807) is 23.5 Å². The number of aliphatic hydroxyl groups is 3. The molecule has 2 aromatic rings. The van der Waals surface area contributed by atoms with Gasteiger partial charge in [0.1, 0.15) is 12.4 Å². The van der Waals surface area contributed by atoms with Crippen LogP contribution in [0.4, 0.5) is 0 Å². The maximum absolute atomic E-state index is 11.0. The molecule has 2 rings (SSSR count). The molecule has 0 atom stereocenters. The van der Waals surface area contributed by atoms with E-state index >= 15 is 0 Å². The van der Waals surface area contributed by atoms with Crippen molar-refractivity contribution in [2.75, 3.05) is 0 Å². The first-order valence-corrected chi connectivity index (χ1v) is 12.1. The van der Waals surface area contributed by atoms with E-state index in [1.165, 1.54) is 11.1 Å². The van der Waals surface area contributed by atoms with Crippen molar-refractivity contribution >= 4 is 16.9 Å². The predicted molar refractivity (Wildman–Crippen MR) is 129 cm³/mol. The summed E-state index contributed by atoms with van der Waals surface area (Å²) in [4.78, 5) is 1.13. The molecule has 4 nitrogen and oxygen atoms in total. The van der Waals surface area contributed by atoms with Crippen molar-refractivity contribution < 1.29 is 20.1 Å². The third-order valence-electron chi connectivity index (χ3n) is 6.59. The molecule has 31 heavy (non-hydrogen) atoms. The first-order valence-electron chi connectivity index (χ1n) is 11.2. The molecular formula is C26H38O4S. The Bertz CT molecular complexity index is 862. The van der Waals surface area contributed by atoms with Gasteiger partial charge in [-0.2, -0.15) is 0 Å². The molecule has 0 aliphatic rings. The van der Waals surface area contributed by atoms with Crippen molar-refractivity contribution in [3.05, 3.63) is 57.3 Å². The number of hydrogen-bond acceptors (Lipinski definition) is 5. The lowest BCUT2D eigenvalue weighted by Gasteiger charge is -2.41. The summed E-state index contributed by atoms with van der Waals surface area (Å²) >= 11 is 1.67. The average Bonchev–Trinajstić information content (AvgIpc) is 3.25. The van der Waals surface area contributed by atoms with Gasteiger partial charge in [-0.3, -0.25) is 0 Å². The lowest BCUT2D eigenvalue weighted by Crippen LogP contribution is -2.43. The predicted octanol–water partition coefficient (Wildman–Crippen LogP) is 6.07. The fraction of sp³-hybridized carbons (Fsp3) is 0.538. The molecule has 172 valence electrons. The van der Waals surface area contributed by atoms with Crippen LogP contribution in [0.25, 0.3) is 5.57 Å². The third-order valence-corrected chi connectivity index (χ3v) is 7.50. The van der Waals surface area contributed by atoms with Crippen LogP contribution >= 0.6 is 11.3 Å². The molecular weight excluding hydrogens is 408 g/mol. The van der Waals surface area contributed by atoms with Gasteiger partial charge in [0.05, 0.1) is 18.8 Å². The normalized spacial score (nSPS) is 13.0. The molecule has 0 amide bonds. The van der Waals surface area contributed by atoms with Crippen molar-refractivity contribution in [1.82, 2.24) is 0 Å². The zero-order valence-electron chi connectivity index (χ0n) is 19.6. The minimum absolute atomic E-state index is 0.0959. The van der Waals surface area contributed by atoms with Gasteiger partial charge in [-0.25, -0.2) is 0 Å². The smallest absolute Gasteiger partial charge is 0.122 e. The average molecular weight is 447 g/mol. The number of allylic oxidation sites excluding steroid dienone is 2. The molecule has 1 aromatic heterocycles. The summed E-state index contributed by atoms with van der Waals surface area (Å²) in [5.41, 5.74) is 3.06. The first kappa shape index (κ1) is 25.6. The SMILES string of the molecule is CC/C(=C\CC(C)(C)C(O)(CC)CC)c1csc(COc2ccc(CO)c(CO)c2)c1. The monoisotopic (exact) mass is 446 g/mol. The molecule has 0 aliphatic carbocycles. The molecule has 0 saturated heterocycles. The highest BCUT2D eigenvalue weighted by Crippen LogP contribution is 2.40. The lowest BCUT2D eigenvalue weighted by molar-refractivity contribution is -0.0716. The Morgan fingerprint density at radius 3 is 2.29 bits per heavy atom. The molecule has 0 saturated carbocycles. The topological polar surface area (TPSA) is 69.9 Å². The Labute approximate surface area is 191 Å². The van der Waals surface area contributed by atoms with Crippen LogP contribution in [0.5, 0.6) is 5.75 Å². The Balaban J connectivity index is 2.08. The summed E-state index contributed by atoms with van der Waals surface area (Å²) in [6.07, 6.45) is 5.56. The maximum atomic E-state index is 11.0. The van der Waals surface area contributed by atoms with E-state index in [9.17, 15) is 15.3 Å². The number of thiophene rings is 1. The van der Waals surface area contributed by atoms with Gasteiger partial charge in [-0.05, 0) is 76.9 Å². The van der Waals surface area contributed by atoms with Gasteiger partial charge in [0.25, 0.3) is 0 Å². The number of benzene rings is 1. The van der Waals surface area contributed by atoms with Gasteiger partial charge in [0, 0.05) is 4.88 Å². The van der Waals surface area contributed by atoms with Crippen LogP contribution in [0.15, 0.2) is 35.7 Å². The summed E-state index contributed by atoms with van der Waals surface area (Å²) in [5.74, 6) is 0.683. The minimum Gasteiger partial charge on any atom is -0.488 e. The highest BCUT2D eigenvalue weighted by Gasteiger charge is 2.39. The second-order valence-corrected chi connectivity index (χ2v) is 9.74. The molecule has 0 bridgehead atoms. The Morgan fingerprint density at radius 1 is 1.03 bits per heavy atom. The second kappa shape index (κ2) is 11.3. The Kier molecular flexibility index (Phi) is 9.31. The summed E-state index contributed by atoms with van der Waals surface area (Å²) < 4.78 is 5.91. The molecule has 0 radical (unpaired) electrons. The van der Waals surface area contributed by atoms with Crippen LogP contribution in [-0.2, 0) is 19.8 Å². The summed E-state index contributed by atoms with van der Waals surface area (Å²) in [5, 5.41) is 31.9. The van der Waals surface area contributed by atoms with E-state index in [2.05, 4.69) is 52.1 Å². The largest absolute Gasteiger partial charge is 0.488 e. The molecule has 0 aliphatic heterocycles. The second-order valence-electron chi connectivity index (χ2n) is 8.75. The van der Waals surface area contributed by atoms with E-state index in [0.29, 0.717) is 23.5 Å². The van der Waals surface area contributed by atoms with Crippen molar-refractivity contribution in [2.45, 2.75) is 85.7 Å². The number of rotatable bonds is 12. The molecule has 1 aromatic carbocycles. The third kappa shape index (κ3) is 6.19. The van der Waals surface area contributed by atoms with E-state index in [1.807, 2.05) is 6.07 Å². The maximum Gasteiger partial charge on any atom is 0.122 e. The van der Waals surface area contributed by atoms with Crippen molar-refractivity contribution in [3.63, 3.8) is 0 Å². The van der Waals surface area contributed by atoms with Gasteiger partial charge in [0.15, 0.2) is 0 Å². The lowest BCUT2D eigenvalue weighted by atomic mass is 9.69. The Morgan fingerprint density at radius 2 is 1.71 bits per heavy atom. The van der Waals surface area contributed by atoms with Gasteiger partial charge < -0.3 is 20.1 Å². The zero-order chi connectivity index (χ0) is 23.1. The van der Waals surface area contributed by atoms with Crippen LogP contribution in [0.1, 0.15) is 81.9 Å². The quantitative estimate of drug-likeness (QED) is 0.370. The highest BCUT2D eigenvalue weighted by atomic mass is 32.1. The van der Waals surface area contributed by atoms with E-state index in [0.717, 1.165) is 30.6 Å². The minimum atomic E-state index is -0.658. The van der Waals surface area contributed by atoms with Crippen LogP contribution in [0.2, 0.25) is 0 Å².